The number of carbonyl (C=O) groups excluding carboxylic acids is 2. The summed E-state index contributed by atoms with van der Waals surface area (Å²) in [7, 11) is 0. The number of aliphatic hydroxyl groups excluding tert-OH is 5. The van der Waals surface area contributed by atoms with Gasteiger partial charge in [-0.3, -0.25) is 9.59 Å². The van der Waals surface area contributed by atoms with Gasteiger partial charge in [0.1, 0.15) is 24.4 Å². The van der Waals surface area contributed by atoms with Crippen molar-refractivity contribution < 1.29 is 49.3 Å². The van der Waals surface area contributed by atoms with Crippen molar-refractivity contribution >= 4 is 11.9 Å². The Labute approximate surface area is 366 Å². The van der Waals surface area contributed by atoms with E-state index in [2.05, 4.69) is 19.2 Å². The number of hydrogen-bond acceptors (Lipinski definition) is 10. The normalized spacial score (nSPS) is 20.4. The molecule has 0 saturated carbocycles. The van der Waals surface area contributed by atoms with Crippen LogP contribution in [-0.2, 0) is 23.8 Å². The second-order valence-electron chi connectivity index (χ2n) is 17.5. The Bertz CT molecular complexity index is 1010. The van der Waals surface area contributed by atoms with E-state index < -0.39 is 49.5 Å². The van der Waals surface area contributed by atoms with Crippen LogP contribution in [0.25, 0.3) is 0 Å². The second kappa shape index (κ2) is 40.2. The summed E-state index contributed by atoms with van der Waals surface area (Å²) in [6.07, 6.45) is 32.8. The molecule has 6 N–H and O–H groups in total. The van der Waals surface area contributed by atoms with Gasteiger partial charge in [-0.25, -0.2) is 0 Å². The fraction of sp³-hybridized carbons (Fsp3) is 0.918. The molecule has 11 nitrogen and oxygen atoms in total. The summed E-state index contributed by atoms with van der Waals surface area (Å²) in [6, 6.07) is -0.821. The number of allylic oxidation sites excluding steroid dienone is 1. The summed E-state index contributed by atoms with van der Waals surface area (Å²) in [6.45, 7) is 4.24. The highest BCUT2D eigenvalue weighted by atomic mass is 16.7. The third-order valence-corrected chi connectivity index (χ3v) is 11.9. The summed E-state index contributed by atoms with van der Waals surface area (Å²) < 4.78 is 16.6. The monoisotopic (exact) mass is 856 g/mol. The van der Waals surface area contributed by atoms with Gasteiger partial charge in [0.15, 0.2) is 6.29 Å². The molecular formula is C49H93NO10. The fourth-order valence-corrected chi connectivity index (χ4v) is 7.84. The van der Waals surface area contributed by atoms with Crippen molar-refractivity contribution in [3.8, 4) is 0 Å². The molecule has 0 bridgehead atoms. The summed E-state index contributed by atoms with van der Waals surface area (Å²) in [4.78, 5) is 25.0. The van der Waals surface area contributed by atoms with Crippen LogP contribution in [0.1, 0.15) is 226 Å². The zero-order chi connectivity index (χ0) is 43.9. The van der Waals surface area contributed by atoms with Crippen molar-refractivity contribution in [2.45, 2.75) is 269 Å². The molecular weight excluding hydrogens is 763 g/mol. The Morgan fingerprint density at radius 3 is 1.55 bits per heavy atom. The molecule has 1 fully saturated rings. The molecule has 7 unspecified atom stereocenters. The predicted molar refractivity (Wildman–Crippen MR) is 241 cm³/mol. The molecule has 1 saturated heterocycles. The first-order valence-electron chi connectivity index (χ1n) is 25.0. The molecule has 0 aromatic heterocycles. The quantitative estimate of drug-likeness (QED) is 0.0197. The van der Waals surface area contributed by atoms with E-state index in [4.69, 9.17) is 14.2 Å². The molecule has 1 aliphatic rings. The smallest absolute Gasteiger partial charge is 0.305 e. The number of ether oxygens (including phenoxy) is 3. The van der Waals surface area contributed by atoms with Crippen LogP contribution in [-0.4, -0.2) is 100 Å². The summed E-state index contributed by atoms with van der Waals surface area (Å²) in [5.74, 6) is -0.242. The lowest BCUT2D eigenvalue weighted by atomic mass is 9.99. The van der Waals surface area contributed by atoms with Crippen LogP contribution in [0.5, 0.6) is 0 Å². The van der Waals surface area contributed by atoms with Crippen LogP contribution < -0.4 is 5.32 Å². The summed E-state index contributed by atoms with van der Waals surface area (Å²) in [5.41, 5.74) is 0. The maximum Gasteiger partial charge on any atom is 0.305 e. The zero-order valence-corrected chi connectivity index (χ0v) is 38.4. The summed E-state index contributed by atoms with van der Waals surface area (Å²) in [5, 5.41) is 54.1. The SMILES string of the molecule is CCCCCCCCCC/C=C/C(O)C(COC1OC(CO)C(O)C(O)C1O)NC(=O)CCCCCCCCCCCCCOC(=O)CCCCCCCCCCCCC. The van der Waals surface area contributed by atoms with Gasteiger partial charge in [0.05, 0.1) is 32.0 Å². The van der Waals surface area contributed by atoms with Gasteiger partial charge >= 0.3 is 5.97 Å². The van der Waals surface area contributed by atoms with Crippen molar-refractivity contribution in [2.75, 3.05) is 19.8 Å². The van der Waals surface area contributed by atoms with E-state index in [1.165, 1.54) is 128 Å². The Morgan fingerprint density at radius 1 is 0.600 bits per heavy atom. The first kappa shape index (κ1) is 56.4. The number of hydrogen-bond donors (Lipinski definition) is 6. The third kappa shape index (κ3) is 30.4. The molecule has 1 rings (SSSR count). The lowest BCUT2D eigenvalue weighted by Crippen LogP contribution is -2.60. The highest BCUT2D eigenvalue weighted by molar-refractivity contribution is 5.76. The minimum atomic E-state index is -1.58. The fourth-order valence-electron chi connectivity index (χ4n) is 7.84. The molecule has 1 heterocycles. The van der Waals surface area contributed by atoms with Gasteiger partial charge < -0.3 is 45.1 Å². The van der Waals surface area contributed by atoms with Gasteiger partial charge in [0, 0.05) is 12.8 Å². The maximum atomic E-state index is 12.9. The minimum absolute atomic E-state index is 0.0403. The van der Waals surface area contributed by atoms with E-state index in [9.17, 15) is 35.1 Å². The second-order valence-corrected chi connectivity index (χ2v) is 17.5. The number of carbonyl (C=O) groups is 2. The molecule has 1 aliphatic heterocycles. The van der Waals surface area contributed by atoms with E-state index in [1.54, 1.807) is 6.08 Å². The van der Waals surface area contributed by atoms with Crippen LogP contribution in [0.4, 0.5) is 0 Å². The van der Waals surface area contributed by atoms with Gasteiger partial charge in [-0.1, -0.05) is 193 Å². The van der Waals surface area contributed by atoms with E-state index in [0.717, 1.165) is 70.6 Å². The topological polar surface area (TPSA) is 175 Å². The number of rotatable bonds is 42. The van der Waals surface area contributed by atoms with E-state index in [-0.39, 0.29) is 18.5 Å². The Hall–Kier alpha value is -1.60. The lowest BCUT2D eigenvalue weighted by molar-refractivity contribution is -0.302. The van der Waals surface area contributed by atoms with Crippen molar-refractivity contribution in [1.29, 1.82) is 0 Å². The Morgan fingerprint density at radius 2 is 1.05 bits per heavy atom. The van der Waals surface area contributed by atoms with Crippen molar-refractivity contribution in [3.05, 3.63) is 12.2 Å². The largest absolute Gasteiger partial charge is 0.466 e. The average Bonchev–Trinajstić information content (AvgIpc) is 3.24. The predicted octanol–water partition coefficient (Wildman–Crippen LogP) is 9.66. The number of amides is 1. The van der Waals surface area contributed by atoms with Crippen LogP contribution in [0.15, 0.2) is 12.2 Å². The molecule has 0 aromatic rings. The van der Waals surface area contributed by atoms with E-state index in [0.29, 0.717) is 19.4 Å². The number of nitrogens with one attached hydrogen (secondary N) is 1. The molecule has 0 aliphatic carbocycles. The lowest BCUT2D eigenvalue weighted by Gasteiger charge is -2.40. The van der Waals surface area contributed by atoms with Crippen molar-refractivity contribution in [2.24, 2.45) is 0 Å². The highest BCUT2D eigenvalue weighted by Crippen LogP contribution is 2.23. The van der Waals surface area contributed by atoms with Gasteiger partial charge in [-0.2, -0.15) is 0 Å². The third-order valence-electron chi connectivity index (χ3n) is 11.9. The zero-order valence-electron chi connectivity index (χ0n) is 38.4. The van der Waals surface area contributed by atoms with Crippen LogP contribution >= 0.6 is 0 Å². The van der Waals surface area contributed by atoms with Crippen LogP contribution in [0.2, 0.25) is 0 Å². The van der Waals surface area contributed by atoms with Gasteiger partial charge in [-0.15, -0.1) is 0 Å². The van der Waals surface area contributed by atoms with Crippen molar-refractivity contribution in [1.82, 2.24) is 5.32 Å². The minimum Gasteiger partial charge on any atom is -0.466 e. The molecule has 60 heavy (non-hydrogen) atoms. The highest BCUT2D eigenvalue weighted by Gasteiger charge is 2.44. The Kier molecular flexibility index (Phi) is 37.8. The number of esters is 1. The van der Waals surface area contributed by atoms with Crippen molar-refractivity contribution in [3.63, 3.8) is 0 Å². The van der Waals surface area contributed by atoms with Gasteiger partial charge in [0.25, 0.3) is 0 Å². The molecule has 11 heteroatoms. The molecule has 0 aromatic carbocycles. The molecule has 0 spiro atoms. The van der Waals surface area contributed by atoms with Gasteiger partial charge in [0.2, 0.25) is 5.91 Å². The van der Waals surface area contributed by atoms with E-state index in [1.807, 2.05) is 6.08 Å². The number of aliphatic hydroxyl groups is 5. The first-order valence-corrected chi connectivity index (χ1v) is 25.0. The standard InChI is InChI=1S/C49H93NO10/c1-3-5-7-9-11-13-16-21-25-29-33-37-45(54)58-38-34-30-26-22-18-15-17-20-24-28-32-36-44(53)50-41(40-59-49-48(57)47(56)46(55)43(39-51)60-49)42(52)35-31-27-23-19-14-12-10-8-6-4-2/h31,35,41-43,46-49,51-52,55-57H,3-30,32-34,36-40H2,1-2H3,(H,50,53)/b35-31+. The van der Waals surface area contributed by atoms with Crippen LogP contribution in [0.3, 0.4) is 0 Å². The van der Waals surface area contributed by atoms with E-state index >= 15 is 0 Å². The maximum absolute atomic E-state index is 12.9. The molecule has 0 radical (unpaired) electrons. The Balaban J connectivity index is 2.19. The molecule has 354 valence electrons. The average molecular weight is 856 g/mol. The number of unbranched alkanes of at least 4 members (excludes halogenated alkanes) is 28. The molecule has 7 atom stereocenters. The molecule has 1 amide bonds. The summed E-state index contributed by atoms with van der Waals surface area (Å²) >= 11 is 0. The first-order chi connectivity index (χ1) is 29.2. The van der Waals surface area contributed by atoms with Crippen LogP contribution in [0, 0.1) is 0 Å². The van der Waals surface area contributed by atoms with Gasteiger partial charge in [-0.05, 0) is 32.1 Å².